The first-order valence-electron chi connectivity index (χ1n) is 8.85. The Morgan fingerprint density at radius 2 is 2.00 bits per heavy atom. The molecule has 2 N–H and O–H groups in total. The third-order valence-corrected chi connectivity index (χ3v) is 4.90. The predicted molar refractivity (Wildman–Crippen MR) is 94.6 cm³/mol. The van der Waals surface area contributed by atoms with Crippen LogP contribution < -0.4 is 19.7 Å². The molecule has 1 amide bonds. The molecule has 0 spiro atoms. The van der Waals surface area contributed by atoms with Crippen LogP contribution >= 0.6 is 0 Å². The number of amides is 1. The molecule has 0 radical (unpaired) electrons. The molecule has 5 nitrogen and oxygen atoms in total. The molecule has 0 aliphatic heterocycles. The Labute approximate surface area is 145 Å². The highest BCUT2D eigenvalue weighted by Crippen LogP contribution is 2.30. The van der Waals surface area contributed by atoms with E-state index in [1.54, 1.807) is 14.2 Å². The van der Waals surface area contributed by atoms with Gasteiger partial charge < -0.3 is 19.7 Å². The number of carbonyl (C=O) groups is 1. The maximum Gasteiger partial charge on any atom is 0.275 e. The predicted octanol–water partition coefficient (Wildman–Crippen LogP) is 1.41. The van der Waals surface area contributed by atoms with E-state index in [0.29, 0.717) is 25.0 Å². The summed E-state index contributed by atoms with van der Waals surface area (Å²) in [6.07, 6.45) is 4.83. The molecule has 1 aromatic carbocycles. The van der Waals surface area contributed by atoms with Crippen LogP contribution in [-0.4, -0.2) is 39.8 Å². The van der Waals surface area contributed by atoms with E-state index in [1.807, 2.05) is 25.2 Å². The standard InChI is InChI=1S/C19H30N2O3/c1-14-8-5-6-10-16(14)20-18(22)13-21(2)12-15-9-7-11-17(23-3)19(15)24-4/h7,9,11,14,16H,5-6,8,10,12-13H2,1-4H3,(H,20,22)/p+1/t14-,16-/m0/s1. The highest BCUT2D eigenvalue weighted by molar-refractivity contribution is 5.77. The minimum atomic E-state index is 0.133. The summed E-state index contributed by atoms with van der Waals surface area (Å²) in [6, 6.07) is 6.19. The van der Waals surface area contributed by atoms with E-state index in [4.69, 9.17) is 9.47 Å². The first kappa shape index (κ1) is 18.6. The quantitative estimate of drug-likeness (QED) is 0.792. The molecule has 5 heteroatoms. The molecule has 0 heterocycles. The van der Waals surface area contributed by atoms with E-state index >= 15 is 0 Å². The van der Waals surface area contributed by atoms with Crippen LogP contribution in [0.15, 0.2) is 18.2 Å². The Hall–Kier alpha value is -1.75. The van der Waals surface area contributed by atoms with E-state index < -0.39 is 0 Å². The first-order valence-corrected chi connectivity index (χ1v) is 8.85. The van der Waals surface area contributed by atoms with Crippen molar-refractivity contribution in [1.29, 1.82) is 0 Å². The molecule has 1 saturated carbocycles. The van der Waals surface area contributed by atoms with E-state index in [9.17, 15) is 4.79 Å². The largest absolute Gasteiger partial charge is 0.493 e. The lowest BCUT2D eigenvalue weighted by Gasteiger charge is -2.29. The number of quaternary nitrogens is 1. The van der Waals surface area contributed by atoms with Crippen molar-refractivity contribution in [2.75, 3.05) is 27.8 Å². The maximum atomic E-state index is 12.3. The van der Waals surface area contributed by atoms with E-state index in [1.165, 1.54) is 19.3 Å². The zero-order valence-electron chi connectivity index (χ0n) is 15.4. The molecule has 0 bridgehead atoms. The summed E-state index contributed by atoms with van der Waals surface area (Å²) < 4.78 is 10.8. The van der Waals surface area contributed by atoms with Crippen LogP contribution in [0.3, 0.4) is 0 Å². The maximum absolute atomic E-state index is 12.3. The Balaban J connectivity index is 1.91. The average Bonchev–Trinajstić information content (AvgIpc) is 2.56. The minimum Gasteiger partial charge on any atom is -0.493 e. The molecule has 0 saturated heterocycles. The average molecular weight is 335 g/mol. The van der Waals surface area contributed by atoms with Gasteiger partial charge in [-0.25, -0.2) is 0 Å². The second-order valence-electron chi connectivity index (χ2n) is 6.90. The third-order valence-electron chi connectivity index (χ3n) is 4.90. The summed E-state index contributed by atoms with van der Waals surface area (Å²) in [5.74, 6) is 2.19. The molecule has 2 rings (SSSR count). The van der Waals surface area contributed by atoms with Crippen LogP contribution in [0.25, 0.3) is 0 Å². The topological polar surface area (TPSA) is 52.0 Å². The van der Waals surface area contributed by atoms with Gasteiger partial charge >= 0.3 is 0 Å². The van der Waals surface area contributed by atoms with Gasteiger partial charge in [0.1, 0.15) is 6.54 Å². The van der Waals surface area contributed by atoms with Crippen molar-refractivity contribution in [3.05, 3.63) is 23.8 Å². The number of nitrogens with one attached hydrogen (secondary N) is 2. The number of carbonyl (C=O) groups excluding carboxylic acids is 1. The Morgan fingerprint density at radius 3 is 2.67 bits per heavy atom. The summed E-state index contributed by atoms with van der Waals surface area (Å²) in [4.78, 5) is 13.5. The monoisotopic (exact) mass is 335 g/mol. The van der Waals surface area contributed by atoms with Gasteiger partial charge in [-0.05, 0) is 30.9 Å². The van der Waals surface area contributed by atoms with Gasteiger partial charge in [0.25, 0.3) is 5.91 Å². The molecular formula is C19H31N2O3+. The number of benzene rings is 1. The SMILES string of the molecule is COc1cccc(C[NH+](C)CC(=O)N[C@H]2CCCC[C@@H]2C)c1OC. The summed E-state index contributed by atoms with van der Waals surface area (Å²) in [6.45, 7) is 3.42. The Bertz CT molecular complexity index is 547. The number of ether oxygens (including phenoxy) is 2. The number of likely N-dealkylation sites (N-methyl/N-ethyl adjacent to an activating group) is 1. The lowest BCUT2D eigenvalue weighted by atomic mass is 9.86. The summed E-state index contributed by atoms with van der Waals surface area (Å²) in [7, 11) is 5.31. The molecule has 0 aromatic heterocycles. The van der Waals surface area contributed by atoms with E-state index in [2.05, 4.69) is 12.2 Å². The zero-order valence-corrected chi connectivity index (χ0v) is 15.4. The van der Waals surface area contributed by atoms with Crippen molar-refractivity contribution in [2.45, 2.75) is 45.2 Å². The fourth-order valence-corrected chi connectivity index (χ4v) is 3.54. The van der Waals surface area contributed by atoms with Gasteiger partial charge in [-0.3, -0.25) is 4.79 Å². The van der Waals surface area contributed by atoms with Crippen molar-refractivity contribution < 1.29 is 19.2 Å². The van der Waals surface area contributed by atoms with Gasteiger partial charge in [0.15, 0.2) is 18.0 Å². The second kappa shape index (κ2) is 8.92. The Kier molecular flexibility index (Phi) is 6.91. The van der Waals surface area contributed by atoms with Crippen LogP contribution in [0, 0.1) is 5.92 Å². The molecule has 24 heavy (non-hydrogen) atoms. The van der Waals surface area contributed by atoms with Crippen molar-refractivity contribution in [1.82, 2.24) is 5.32 Å². The number of hydrogen-bond donors (Lipinski definition) is 2. The van der Waals surface area contributed by atoms with Crippen LogP contribution in [0.2, 0.25) is 0 Å². The van der Waals surface area contributed by atoms with Crippen molar-refractivity contribution in [2.24, 2.45) is 5.92 Å². The summed E-state index contributed by atoms with van der Waals surface area (Å²) >= 11 is 0. The number of para-hydroxylation sites is 1. The van der Waals surface area contributed by atoms with E-state index in [0.717, 1.165) is 28.4 Å². The lowest BCUT2D eigenvalue weighted by molar-refractivity contribution is -0.885. The van der Waals surface area contributed by atoms with Gasteiger partial charge in [0, 0.05) is 6.04 Å². The molecular weight excluding hydrogens is 304 g/mol. The molecule has 1 unspecified atom stereocenters. The Morgan fingerprint density at radius 1 is 1.25 bits per heavy atom. The van der Waals surface area contributed by atoms with Gasteiger partial charge in [0.2, 0.25) is 0 Å². The molecule has 1 aromatic rings. The van der Waals surface area contributed by atoms with Gasteiger partial charge in [-0.1, -0.05) is 25.8 Å². The fourth-order valence-electron chi connectivity index (χ4n) is 3.54. The van der Waals surface area contributed by atoms with Crippen molar-refractivity contribution >= 4 is 5.91 Å². The zero-order chi connectivity index (χ0) is 17.5. The molecule has 1 aliphatic carbocycles. The first-order chi connectivity index (χ1) is 11.5. The lowest BCUT2D eigenvalue weighted by Crippen LogP contribution is -3.09. The van der Waals surface area contributed by atoms with Gasteiger partial charge in [-0.15, -0.1) is 0 Å². The highest BCUT2D eigenvalue weighted by Gasteiger charge is 2.24. The normalized spacial score (nSPS) is 21.8. The van der Waals surface area contributed by atoms with Crippen LogP contribution in [0.1, 0.15) is 38.2 Å². The smallest absolute Gasteiger partial charge is 0.275 e. The second-order valence-corrected chi connectivity index (χ2v) is 6.90. The number of methoxy groups -OCH3 is 2. The van der Waals surface area contributed by atoms with Gasteiger partial charge in [-0.2, -0.15) is 0 Å². The third kappa shape index (κ3) is 4.87. The minimum absolute atomic E-state index is 0.133. The molecule has 3 atom stereocenters. The number of hydrogen-bond acceptors (Lipinski definition) is 3. The molecule has 1 aliphatic rings. The van der Waals surface area contributed by atoms with Crippen LogP contribution in [0.4, 0.5) is 0 Å². The van der Waals surface area contributed by atoms with Crippen LogP contribution in [0.5, 0.6) is 11.5 Å². The highest BCUT2D eigenvalue weighted by atomic mass is 16.5. The molecule has 1 fully saturated rings. The summed E-state index contributed by atoms with van der Waals surface area (Å²) in [5.41, 5.74) is 1.05. The molecule has 134 valence electrons. The summed E-state index contributed by atoms with van der Waals surface area (Å²) in [5, 5.41) is 3.22. The van der Waals surface area contributed by atoms with E-state index in [-0.39, 0.29) is 5.91 Å². The number of rotatable bonds is 7. The van der Waals surface area contributed by atoms with Crippen molar-refractivity contribution in [3.8, 4) is 11.5 Å². The van der Waals surface area contributed by atoms with Gasteiger partial charge in [0.05, 0.1) is 26.8 Å². The fraction of sp³-hybridized carbons (Fsp3) is 0.632. The van der Waals surface area contributed by atoms with Crippen molar-refractivity contribution in [3.63, 3.8) is 0 Å². The van der Waals surface area contributed by atoms with Crippen LogP contribution in [-0.2, 0) is 11.3 Å².